The van der Waals surface area contributed by atoms with Crippen LogP contribution in [0.1, 0.15) is 21.9 Å². The molecule has 1 aromatic heterocycles. The summed E-state index contributed by atoms with van der Waals surface area (Å²) >= 11 is 6.24. The van der Waals surface area contributed by atoms with Crippen LogP contribution in [0.4, 0.5) is 0 Å². The highest BCUT2D eigenvalue weighted by molar-refractivity contribution is 6.28. The Kier molecular flexibility index (Phi) is 1.85. The molecule has 146 valence electrons. The summed E-state index contributed by atoms with van der Waals surface area (Å²) in [5.74, 6) is -1.06. The maximum atomic E-state index is 9.01. The van der Waals surface area contributed by atoms with Crippen LogP contribution in [0.2, 0.25) is 5.28 Å². The molecule has 0 bridgehead atoms. The molecule has 3 nitrogen and oxygen atoms in total. The molecule has 0 saturated heterocycles. The zero-order chi connectivity index (χ0) is 34.7. The number of fused-ring (bicyclic) bond motifs is 3. The summed E-state index contributed by atoms with van der Waals surface area (Å²) in [6.07, 6.45) is 0. The molecule has 0 unspecified atom stereocenters. The Morgan fingerprint density at radius 2 is 1.19 bits per heavy atom. The van der Waals surface area contributed by atoms with Crippen LogP contribution in [0.5, 0.6) is 0 Å². The van der Waals surface area contributed by atoms with Gasteiger partial charge in [-0.2, -0.15) is 9.97 Å². The molecule has 0 aliphatic heterocycles. The average molecular weight is 434 g/mol. The van der Waals surface area contributed by atoms with Gasteiger partial charge in [0.05, 0.1) is 21.9 Å². The molecular formula is C27H16ClN3. The molecule has 0 radical (unpaired) electrons. The largest absolute Gasteiger partial charge is 0.226 e. The molecule has 0 fully saturated rings. The zero-order valence-corrected chi connectivity index (χ0v) is 16.0. The second kappa shape index (κ2) is 7.15. The Labute approximate surface area is 206 Å². The Hall–Kier alpha value is -3.82. The lowest BCUT2D eigenvalue weighted by Crippen LogP contribution is -1.97. The summed E-state index contributed by atoms with van der Waals surface area (Å²) in [6, 6.07) is -10.6. The minimum absolute atomic E-state index is 0.359. The molecule has 4 heteroatoms. The van der Waals surface area contributed by atoms with Gasteiger partial charge in [0.1, 0.15) is 0 Å². The minimum atomic E-state index is -0.718. The lowest BCUT2D eigenvalue weighted by molar-refractivity contribution is 1.07. The van der Waals surface area contributed by atoms with Gasteiger partial charge >= 0.3 is 0 Å². The monoisotopic (exact) mass is 433 g/mol. The van der Waals surface area contributed by atoms with Crippen LogP contribution in [0.25, 0.3) is 55.1 Å². The third-order valence-corrected chi connectivity index (χ3v) is 4.54. The molecule has 0 spiro atoms. The third kappa shape index (κ3) is 3.20. The predicted molar refractivity (Wildman–Crippen MR) is 128 cm³/mol. The summed E-state index contributed by atoms with van der Waals surface area (Å²) < 4.78 is 135. The maximum absolute atomic E-state index is 9.01. The standard InChI is InChI=1S/C27H16ClN3/c28-27-30-25(29-26(31-27)24-11-5-9-17-6-3-4-10-23(17)24)21-13-12-20-14-18-7-1-2-8-19(18)15-22(20)16-21/h1-16H/i1D,2D,3D,4D,5D,6D,7D,8D,9D,10D,11D,12D,13D,14D,15D,16D. The van der Waals surface area contributed by atoms with Gasteiger partial charge in [-0.3, -0.25) is 0 Å². The predicted octanol–water partition coefficient (Wildman–Crippen LogP) is 7.32. The van der Waals surface area contributed by atoms with Gasteiger partial charge in [-0.1, -0.05) is 78.6 Å². The van der Waals surface area contributed by atoms with Gasteiger partial charge in [0.25, 0.3) is 0 Å². The highest BCUT2D eigenvalue weighted by Gasteiger charge is 2.12. The van der Waals surface area contributed by atoms with Crippen molar-refractivity contribution >= 4 is 43.9 Å². The highest BCUT2D eigenvalue weighted by atomic mass is 35.5. The van der Waals surface area contributed by atoms with E-state index >= 15 is 0 Å². The Morgan fingerprint density at radius 1 is 0.548 bits per heavy atom. The van der Waals surface area contributed by atoms with Crippen LogP contribution < -0.4 is 0 Å². The third-order valence-electron chi connectivity index (χ3n) is 4.37. The number of rotatable bonds is 2. The molecular weight excluding hydrogens is 402 g/mol. The SMILES string of the molecule is [2H]c1c([2H])c([2H])c2c(-c3nc(Cl)nc(-c4c([2H])c([2H])c5c([2H])c6c([2H])c([2H])c([2H])c([2H])c6c([2H])c5c4[2H])n3)c([2H])c([2H])c([2H])c2c1[2H]. The van der Waals surface area contributed by atoms with Gasteiger partial charge in [0, 0.05) is 11.1 Å². The van der Waals surface area contributed by atoms with E-state index in [0.29, 0.717) is 0 Å². The molecule has 0 saturated carbocycles. The Morgan fingerprint density at radius 3 is 2.03 bits per heavy atom. The number of hydrogen-bond acceptors (Lipinski definition) is 3. The van der Waals surface area contributed by atoms with Gasteiger partial charge in [-0.25, -0.2) is 4.98 Å². The first-order valence-electron chi connectivity index (χ1n) is 16.8. The van der Waals surface area contributed by atoms with Crippen molar-refractivity contribution in [3.8, 4) is 22.8 Å². The molecule has 1 heterocycles. The minimum Gasteiger partial charge on any atom is -0.208 e. The van der Waals surface area contributed by atoms with E-state index in [-0.39, 0.29) is 21.5 Å². The normalized spacial score (nSPS) is 18.6. The fraction of sp³-hybridized carbons (Fsp3) is 0. The van der Waals surface area contributed by atoms with Crippen molar-refractivity contribution < 1.29 is 21.9 Å². The van der Waals surface area contributed by atoms with Crippen LogP contribution in [0.3, 0.4) is 0 Å². The fourth-order valence-electron chi connectivity index (χ4n) is 3.01. The Balaban J connectivity index is 1.76. The molecule has 31 heavy (non-hydrogen) atoms. The van der Waals surface area contributed by atoms with Gasteiger partial charge in [-0.05, 0) is 62.0 Å². The zero-order valence-electron chi connectivity index (χ0n) is 31.2. The van der Waals surface area contributed by atoms with Crippen LogP contribution in [0.15, 0.2) is 96.7 Å². The molecule has 6 aromatic rings. The van der Waals surface area contributed by atoms with Gasteiger partial charge in [0.2, 0.25) is 5.28 Å². The van der Waals surface area contributed by atoms with Crippen molar-refractivity contribution in [1.82, 2.24) is 15.0 Å². The summed E-state index contributed by atoms with van der Waals surface area (Å²) in [6.45, 7) is 0. The Bertz CT molecular complexity index is 2440. The van der Waals surface area contributed by atoms with Crippen molar-refractivity contribution in [3.63, 3.8) is 0 Å². The average Bonchev–Trinajstić information content (AvgIpc) is 3.02. The van der Waals surface area contributed by atoms with Crippen molar-refractivity contribution in [1.29, 1.82) is 0 Å². The summed E-state index contributed by atoms with van der Waals surface area (Å²) in [4.78, 5) is 12.2. The number of halogens is 1. The second-order valence-corrected chi connectivity index (χ2v) is 6.59. The summed E-state index contributed by atoms with van der Waals surface area (Å²) in [5.41, 5.74) is -0.915. The van der Waals surface area contributed by atoms with Crippen LogP contribution in [-0.2, 0) is 0 Å². The van der Waals surface area contributed by atoms with Gasteiger partial charge < -0.3 is 0 Å². The van der Waals surface area contributed by atoms with E-state index in [1.165, 1.54) is 0 Å². The van der Waals surface area contributed by atoms with E-state index < -0.39 is 136 Å². The van der Waals surface area contributed by atoms with Crippen molar-refractivity contribution in [2.75, 3.05) is 0 Å². The molecule has 0 aliphatic rings. The smallest absolute Gasteiger partial charge is 0.208 e. The lowest BCUT2D eigenvalue weighted by Gasteiger charge is -2.09. The van der Waals surface area contributed by atoms with Crippen LogP contribution >= 0.6 is 11.6 Å². The topological polar surface area (TPSA) is 38.7 Å². The van der Waals surface area contributed by atoms with Gasteiger partial charge in [-0.15, -0.1) is 0 Å². The van der Waals surface area contributed by atoms with Crippen LogP contribution in [0, 0.1) is 0 Å². The van der Waals surface area contributed by atoms with E-state index in [9.17, 15) is 0 Å². The van der Waals surface area contributed by atoms with Gasteiger partial charge in [0.15, 0.2) is 11.6 Å². The first-order chi connectivity index (χ1) is 21.9. The second-order valence-electron chi connectivity index (χ2n) is 6.25. The van der Waals surface area contributed by atoms with E-state index in [1.54, 1.807) is 0 Å². The first kappa shape index (κ1) is 8.03. The number of aromatic nitrogens is 3. The van der Waals surface area contributed by atoms with Crippen molar-refractivity contribution in [2.24, 2.45) is 0 Å². The van der Waals surface area contributed by atoms with Crippen LogP contribution in [-0.4, -0.2) is 15.0 Å². The molecule has 0 atom stereocenters. The quantitative estimate of drug-likeness (QED) is 0.268. The van der Waals surface area contributed by atoms with E-state index in [4.69, 9.17) is 33.5 Å². The molecule has 5 aromatic carbocycles. The van der Waals surface area contributed by atoms with Crippen molar-refractivity contribution in [2.45, 2.75) is 0 Å². The number of nitrogens with zero attached hydrogens (tertiary/aromatic N) is 3. The van der Waals surface area contributed by atoms with E-state index in [0.717, 1.165) is 0 Å². The van der Waals surface area contributed by atoms with Crippen molar-refractivity contribution in [3.05, 3.63) is 102 Å². The summed E-state index contributed by atoms with van der Waals surface area (Å²) in [5, 5.41) is -2.86. The molecule has 0 amide bonds. The fourth-order valence-corrected chi connectivity index (χ4v) is 3.17. The highest BCUT2D eigenvalue weighted by Crippen LogP contribution is 2.30. The number of hydrogen-bond donors (Lipinski definition) is 0. The maximum Gasteiger partial charge on any atom is 0.226 e. The molecule has 0 aliphatic carbocycles. The first-order valence-corrected chi connectivity index (χ1v) is 9.16. The van der Waals surface area contributed by atoms with E-state index in [1.807, 2.05) is 0 Å². The summed E-state index contributed by atoms with van der Waals surface area (Å²) in [7, 11) is 0. The van der Waals surface area contributed by atoms with E-state index in [2.05, 4.69) is 15.0 Å². The lowest BCUT2D eigenvalue weighted by atomic mass is 10.0. The molecule has 0 N–H and O–H groups in total. The number of benzene rings is 5. The molecule has 6 rings (SSSR count).